The zero-order chi connectivity index (χ0) is 18.8. The molecule has 4 aromatic rings. The van der Waals surface area contributed by atoms with Crippen LogP contribution >= 0.6 is 0 Å². The standard InChI is InChI=1S/2C13H14N.2ClH.In.Zr/c2*1-2-6-12-11(5-1)7-8-13(12)14-9-3-4-10-14;;;;/h2*1-2,5-8H,3-4,9-10H2;2*1H;;/q2*-1;;;+3;+4/p-2. The van der Waals surface area contributed by atoms with Gasteiger partial charge in [-0.1, -0.05) is 23.5 Å². The fourth-order valence-corrected chi connectivity index (χ4v) is 4.74. The van der Waals surface area contributed by atoms with E-state index in [2.05, 4.69) is 82.6 Å². The molecule has 0 amide bonds. The van der Waals surface area contributed by atoms with Crippen molar-refractivity contribution < 1.29 is 51.0 Å². The number of halogens is 2. The third kappa shape index (κ3) is 6.38. The Morgan fingerprint density at radius 2 is 0.906 bits per heavy atom. The maximum Gasteiger partial charge on any atom is 4.00 e. The van der Waals surface area contributed by atoms with Gasteiger partial charge in [-0.15, -0.1) is 82.2 Å². The van der Waals surface area contributed by atoms with Gasteiger partial charge in [0.25, 0.3) is 0 Å². The predicted molar refractivity (Wildman–Crippen MR) is 128 cm³/mol. The first-order chi connectivity index (χ1) is 13.9. The number of fused-ring (bicyclic) bond motifs is 2. The molecule has 2 saturated heterocycles. The van der Waals surface area contributed by atoms with Crippen LogP contribution in [-0.4, -0.2) is 52.0 Å². The maximum absolute atomic E-state index is 2.50. The second-order valence-corrected chi connectivity index (χ2v) is 8.00. The van der Waals surface area contributed by atoms with Crippen molar-refractivity contribution in [3.8, 4) is 0 Å². The number of benzene rings is 2. The van der Waals surface area contributed by atoms with Crippen molar-refractivity contribution in [3.05, 3.63) is 72.8 Å². The number of rotatable bonds is 2. The van der Waals surface area contributed by atoms with Crippen LogP contribution in [0.1, 0.15) is 25.7 Å². The Kier molecular flexibility index (Phi) is 13.1. The predicted octanol–water partition coefficient (Wildman–Crippen LogP) is -0.0575. The molecule has 6 rings (SSSR count). The third-order valence-corrected chi connectivity index (χ3v) is 6.21. The summed E-state index contributed by atoms with van der Waals surface area (Å²) in [6.45, 7) is 4.92. The van der Waals surface area contributed by atoms with Crippen LogP contribution in [0.3, 0.4) is 0 Å². The molecule has 0 N–H and O–H groups in total. The Morgan fingerprint density at radius 1 is 0.562 bits per heavy atom. The van der Waals surface area contributed by atoms with Crippen LogP contribution in [-0.2, 0) is 26.2 Å². The van der Waals surface area contributed by atoms with Crippen molar-refractivity contribution in [2.45, 2.75) is 25.7 Å². The molecule has 0 atom stereocenters. The van der Waals surface area contributed by atoms with Crippen LogP contribution in [0, 0.1) is 0 Å². The van der Waals surface area contributed by atoms with E-state index in [4.69, 9.17) is 0 Å². The van der Waals surface area contributed by atoms with E-state index in [1.807, 2.05) is 0 Å². The van der Waals surface area contributed by atoms with E-state index in [0.717, 1.165) is 0 Å². The van der Waals surface area contributed by atoms with E-state index in [0.29, 0.717) is 0 Å². The summed E-state index contributed by atoms with van der Waals surface area (Å²) in [5.74, 6) is 0. The summed E-state index contributed by atoms with van der Waals surface area (Å²) in [6.07, 6.45) is 5.39. The molecule has 160 valence electrons. The minimum Gasteiger partial charge on any atom is -1.00 e. The van der Waals surface area contributed by atoms with Gasteiger partial charge in [-0.3, -0.25) is 0 Å². The van der Waals surface area contributed by atoms with E-state index in [9.17, 15) is 0 Å². The summed E-state index contributed by atoms with van der Waals surface area (Å²) in [5.41, 5.74) is 2.86. The molecule has 32 heavy (non-hydrogen) atoms. The molecule has 0 spiro atoms. The van der Waals surface area contributed by atoms with Crippen LogP contribution in [0.4, 0.5) is 11.4 Å². The summed E-state index contributed by atoms with van der Waals surface area (Å²) in [5, 5.41) is 5.56. The molecule has 4 aromatic carbocycles. The van der Waals surface area contributed by atoms with Crippen molar-refractivity contribution in [2.24, 2.45) is 0 Å². The minimum absolute atomic E-state index is 0. The SMILES string of the molecule is [Cl-].[Cl-].[In+3].[Zr+4].c1ccc2c(N3CCCC3)c[cH-]c2c1.c1ccc2c(N3CCCC3)c[cH-]c2c1. The van der Waals surface area contributed by atoms with Gasteiger partial charge in [0.1, 0.15) is 0 Å². The molecule has 2 aliphatic rings. The number of hydrogen-bond acceptors (Lipinski definition) is 2. The largest absolute Gasteiger partial charge is 4.00 e. The van der Waals surface area contributed by atoms with Crippen LogP contribution in [0.2, 0.25) is 0 Å². The Bertz CT molecular complexity index is 980. The molecule has 0 saturated carbocycles. The molecular weight excluding hydrogens is 617 g/mol. The molecule has 0 aliphatic carbocycles. The first kappa shape index (κ1) is 29.6. The van der Waals surface area contributed by atoms with Crippen molar-refractivity contribution in [1.29, 1.82) is 0 Å². The van der Waals surface area contributed by atoms with E-state index in [-0.39, 0.29) is 76.9 Å². The number of nitrogens with zero attached hydrogens (tertiary/aromatic N) is 2. The summed E-state index contributed by atoms with van der Waals surface area (Å²) in [4.78, 5) is 5.00. The first-order valence-corrected chi connectivity index (χ1v) is 10.7. The van der Waals surface area contributed by atoms with Crippen molar-refractivity contribution in [3.63, 3.8) is 0 Å². The number of hydrogen-bond donors (Lipinski definition) is 0. The molecule has 2 aliphatic heterocycles. The average molecular weight is 645 g/mol. The van der Waals surface area contributed by atoms with Gasteiger partial charge >= 0.3 is 52.0 Å². The summed E-state index contributed by atoms with van der Waals surface area (Å²) >= 11 is 0. The van der Waals surface area contributed by atoms with Crippen LogP contribution in [0.25, 0.3) is 21.5 Å². The molecule has 0 radical (unpaired) electrons. The summed E-state index contributed by atoms with van der Waals surface area (Å²) in [6, 6.07) is 26.3. The first-order valence-electron chi connectivity index (χ1n) is 10.7. The third-order valence-electron chi connectivity index (χ3n) is 6.21. The second kappa shape index (κ2) is 14.1. The van der Waals surface area contributed by atoms with Gasteiger partial charge in [-0.25, -0.2) is 0 Å². The molecule has 6 heteroatoms. The molecular formula is C26H28Cl2InN2Zr+3. The fraction of sp³-hybridized carbons (Fsp3) is 0.308. The molecule has 0 unspecified atom stereocenters. The molecule has 2 fully saturated rings. The van der Waals surface area contributed by atoms with E-state index in [1.165, 1.54) is 84.8 Å². The van der Waals surface area contributed by atoms with Gasteiger partial charge in [0, 0.05) is 26.2 Å². The van der Waals surface area contributed by atoms with Gasteiger partial charge in [-0.2, -0.15) is 0 Å². The minimum atomic E-state index is 0. The van der Waals surface area contributed by atoms with Gasteiger partial charge in [0.05, 0.1) is 0 Å². The van der Waals surface area contributed by atoms with Gasteiger partial charge in [-0.05, 0) is 25.7 Å². The Hall–Kier alpha value is -0.407. The summed E-state index contributed by atoms with van der Waals surface area (Å²) < 4.78 is 0. The van der Waals surface area contributed by atoms with Crippen molar-refractivity contribution in [1.82, 2.24) is 0 Å². The smallest absolute Gasteiger partial charge is 1.00 e. The zero-order valence-corrected chi connectivity index (χ0v) is 25.6. The van der Waals surface area contributed by atoms with Crippen LogP contribution in [0.5, 0.6) is 0 Å². The molecule has 2 nitrogen and oxygen atoms in total. The molecule has 0 bridgehead atoms. The Labute approximate surface area is 242 Å². The van der Waals surface area contributed by atoms with E-state index < -0.39 is 0 Å². The zero-order valence-electron chi connectivity index (χ0n) is 18.3. The van der Waals surface area contributed by atoms with Gasteiger partial charge in [0.15, 0.2) is 0 Å². The Balaban J connectivity index is 0.000000284. The molecule has 0 aromatic heterocycles. The quantitative estimate of drug-likeness (QED) is 0.283. The van der Waals surface area contributed by atoms with Crippen molar-refractivity contribution in [2.75, 3.05) is 36.0 Å². The van der Waals surface area contributed by atoms with E-state index in [1.54, 1.807) is 0 Å². The second-order valence-electron chi connectivity index (χ2n) is 8.00. The van der Waals surface area contributed by atoms with Crippen LogP contribution < -0.4 is 34.6 Å². The monoisotopic (exact) mass is 643 g/mol. The summed E-state index contributed by atoms with van der Waals surface area (Å²) in [7, 11) is 0. The van der Waals surface area contributed by atoms with Gasteiger partial charge < -0.3 is 34.6 Å². The van der Waals surface area contributed by atoms with E-state index >= 15 is 0 Å². The molecule has 2 heterocycles. The number of anilines is 2. The fourth-order valence-electron chi connectivity index (χ4n) is 4.74. The average Bonchev–Trinajstić information content (AvgIpc) is 3.54. The van der Waals surface area contributed by atoms with Crippen LogP contribution in [0.15, 0.2) is 72.8 Å². The normalized spacial score (nSPS) is 14.6. The van der Waals surface area contributed by atoms with Crippen molar-refractivity contribution >= 4 is 58.8 Å². The van der Waals surface area contributed by atoms with Gasteiger partial charge in [0.2, 0.25) is 0 Å². The Morgan fingerprint density at radius 3 is 1.28 bits per heavy atom. The maximum atomic E-state index is 2.50. The topological polar surface area (TPSA) is 6.48 Å².